The molecule has 6 nitrogen and oxygen atoms in total. The Labute approximate surface area is 216 Å². The van der Waals surface area contributed by atoms with Crippen molar-refractivity contribution in [3.8, 4) is 11.8 Å². The molecule has 2 aliphatic heterocycles. The van der Waals surface area contributed by atoms with E-state index in [0.717, 1.165) is 54.0 Å². The number of nitriles is 1. The molecule has 0 N–H and O–H groups in total. The summed E-state index contributed by atoms with van der Waals surface area (Å²) < 4.78 is 19.8. The van der Waals surface area contributed by atoms with E-state index in [-0.39, 0.29) is 17.5 Å². The van der Waals surface area contributed by atoms with Gasteiger partial charge in [-0.25, -0.2) is 4.39 Å². The van der Waals surface area contributed by atoms with E-state index in [2.05, 4.69) is 20.9 Å². The zero-order valence-corrected chi connectivity index (χ0v) is 20.9. The van der Waals surface area contributed by atoms with Gasteiger partial charge >= 0.3 is 0 Å². The summed E-state index contributed by atoms with van der Waals surface area (Å²) >= 11 is 0. The van der Waals surface area contributed by atoms with Gasteiger partial charge in [-0.05, 0) is 61.2 Å². The summed E-state index contributed by atoms with van der Waals surface area (Å²) in [5.74, 6) is 0.729. The number of pyridine rings is 1. The minimum absolute atomic E-state index is 0.175. The van der Waals surface area contributed by atoms with E-state index in [1.54, 1.807) is 31.4 Å². The van der Waals surface area contributed by atoms with Crippen LogP contribution in [0.1, 0.15) is 52.8 Å². The Balaban J connectivity index is 1.18. The van der Waals surface area contributed by atoms with Crippen molar-refractivity contribution in [3.05, 3.63) is 94.1 Å². The highest BCUT2D eigenvalue weighted by Gasteiger charge is 2.25. The lowest BCUT2D eigenvalue weighted by Crippen LogP contribution is -2.36. The van der Waals surface area contributed by atoms with Crippen molar-refractivity contribution in [1.29, 1.82) is 5.26 Å². The molecular weight excluding hydrogens is 467 g/mol. The van der Waals surface area contributed by atoms with Crippen molar-refractivity contribution in [2.24, 2.45) is 10.9 Å². The first-order valence-electron chi connectivity index (χ1n) is 12.6. The number of carbonyl (C=O) groups is 1. The summed E-state index contributed by atoms with van der Waals surface area (Å²) in [6.45, 7) is 2.69. The number of methoxy groups -OCH3 is 1. The molecule has 3 aromatic rings. The molecule has 0 bridgehead atoms. The maximum atomic E-state index is 14.4. The summed E-state index contributed by atoms with van der Waals surface area (Å²) in [5.41, 5.74) is 5.83. The molecule has 0 spiro atoms. The molecule has 1 saturated heterocycles. The minimum Gasteiger partial charge on any atom is -0.496 e. The lowest BCUT2D eigenvalue weighted by molar-refractivity contribution is -0.119. The zero-order valence-electron chi connectivity index (χ0n) is 20.9. The average molecular weight is 497 g/mol. The Bertz CT molecular complexity index is 1380. The molecule has 5 rings (SSSR count). The highest BCUT2D eigenvalue weighted by molar-refractivity contribution is 6.15. The summed E-state index contributed by atoms with van der Waals surface area (Å²) in [5, 5.41) is 9.02. The molecule has 7 heteroatoms. The van der Waals surface area contributed by atoms with E-state index in [4.69, 9.17) is 10.00 Å². The van der Waals surface area contributed by atoms with Gasteiger partial charge in [-0.1, -0.05) is 18.2 Å². The third-order valence-corrected chi connectivity index (χ3v) is 7.17. The fourth-order valence-electron chi connectivity index (χ4n) is 5.35. The van der Waals surface area contributed by atoms with Crippen LogP contribution in [0, 0.1) is 23.1 Å². The van der Waals surface area contributed by atoms with Crippen molar-refractivity contribution in [1.82, 2.24) is 9.88 Å². The SMILES string of the molecule is COc1cccc(F)c1CN1CCC[C@@H](CC(=O)Cc2cc3c(cn2)C(c2ccc(C#N)cc2)=NC3)C1. The number of benzene rings is 2. The Morgan fingerprint density at radius 2 is 2.08 bits per heavy atom. The topological polar surface area (TPSA) is 78.6 Å². The van der Waals surface area contributed by atoms with E-state index in [0.29, 0.717) is 42.8 Å². The van der Waals surface area contributed by atoms with Gasteiger partial charge in [0.05, 0.1) is 31.0 Å². The third-order valence-electron chi connectivity index (χ3n) is 7.17. The molecule has 188 valence electrons. The van der Waals surface area contributed by atoms with Gasteiger partial charge in [-0.2, -0.15) is 5.26 Å². The predicted octanol–water partition coefficient (Wildman–Crippen LogP) is 4.87. The van der Waals surface area contributed by atoms with Crippen LogP contribution in [-0.2, 0) is 24.3 Å². The number of carbonyl (C=O) groups excluding carboxylic acids is 1. The number of aromatic nitrogens is 1. The average Bonchev–Trinajstić information content (AvgIpc) is 3.33. The van der Waals surface area contributed by atoms with E-state index >= 15 is 0 Å². The van der Waals surface area contributed by atoms with Gasteiger partial charge in [0, 0.05) is 54.5 Å². The highest BCUT2D eigenvalue weighted by atomic mass is 19.1. The largest absolute Gasteiger partial charge is 0.496 e. The Hall–Kier alpha value is -3.89. The summed E-state index contributed by atoms with van der Waals surface area (Å²) in [4.78, 5) is 24.4. The van der Waals surface area contributed by atoms with E-state index < -0.39 is 0 Å². The predicted molar refractivity (Wildman–Crippen MR) is 139 cm³/mol. The molecule has 0 amide bonds. The fourth-order valence-corrected chi connectivity index (χ4v) is 5.35. The summed E-state index contributed by atoms with van der Waals surface area (Å²) in [6, 6.07) is 16.4. The number of ketones is 1. The molecule has 2 aliphatic rings. The van der Waals surface area contributed by atoms with Crippen LogP contribution in [0.3, 0.4) is 0 Å². The summed E-state index contributed by atoms with van der Waals surface area (Å²) in [6.07, 6.45) is 4.59. The second kappa shape index (κ2) is 11.0. The van der Waals surface area contributed by atoms with Gasteiger partial charge in [0.25, 0.3) is 0 Å². The number of piperidine rings is 1. The number of ether oxygens (including phenoxy) is 1. The van der Waals surface area contributed by atoms with Crippen LogP contribution < -0.4 is 4.74 Å². The Morgan fingerprint density at radius 1 is 1.24 bits per heavy atom. The van der Waals surface area contributed by atoms with Crippen molar-refractivity contribution < 1.29 is 13.9 Å². The molecule has 1 fully saturated rings. The number of fused-ring (bicyclic) bond motifs is 1. The molecule has 0 radical (unpaired) electrons. The zero-order chi connectivity index (χ0) is 25.8. The van der Waals surface area contributed by atoms with Crippen LogP contribution >= 0.6 is 0 Å². The maximum absolute atomic E-state index is 14.4. The van der Waals surface area contributed by atoms with Crippen LogP contribution in [-0.4, -0.2) is 41.6 Å². The molecule has 1 aromatic heterocycles. The quantitative estimate of drug-likeness (QED) is 0.445. The monoisotopic (exact) mass is 496 g/mol. The van der Waals surface area contributed by atoms with Crippen LogP contribution in [0.15, 0.2) is 59.7 Å². The third kappa shape index (κ3) is 5.60. The highest BCUT2D eigenvalue weighted by Crippen LogP contribution is 2.28. The molecular formula is C30H29FN4O2. The first-order valence-corrected chi connectivity index (χ1v) is 12.6. The number of hydrogen-bond acceptors (Lipinski definition) is 6. The Kier molecular flexibility index (Phi) is 7.38. The minimum atomic E-state index is -0.258. The smallest absolute Gasteiger partial charge is 0.139 e. The number of halogens is 1. The number of Topliss-reactive ketones (excluding diaryl/α,β-unsaturated/α-hetero) is 1. The second-order valence-corrected chi connectivity index (χ2v) is 9.77. The molecule has 37 heavy (non-hydrogen) atoms. The van der Waals surface area contributed by atoms with Gasteiger partial charge in [0.2, 0.25) is 0 Å². The van der Waals surface area contributed by atoms with Crippen molar-refractivity contribution in [2.75, 3.05) is 20.2 Å². The van der Waals surface area contributed by atoms with Crippen LogP contribution in [0.25, 0.3) is 0 Å². The first kappa shape index (κ1) is 24.8. The maximum Gasteiger partial charge on any atom is 0.139 e. The Morgan fingerprint density at radius 3 is 2.86 bits per heavy atom. The summed E-state index contributed by atoms with van der Waals surface area (Å²) in [7, 11) is 1.56. The standard InChI is InChI=1S/C30H29FN4O2/c1-37-29-6-2-5-28(31)27(29)19-35-11-3-4-21(18-35)12-25(36)14-24-13-23-16-34-30(26(23)17-33-24)22-9-7-20(15-32)8-10-22/h2,5-10,13,17,21H,3-4,11-12,14,16,18-19H2,1H3/t21-/m0/s1. The molecule has 1 atom stereocenters. The van der Waals surface area contributed by atoms with E-state index in [1.807, 2.05) is 24.4 Å². The number of hydrogen-bond donors (Lipinski definition) is 0. The van der Waals surface area contributed by atoms with Crippen molar-refractivity contribution in [3.63, 3.8) is 0 Å². The number of aliphatic imine (C=N–C) groups is 1. The van der Waals surface area contributed by atoms with Crippen molar-refractivity contribution in [2.45, 2.75) is 38.8 Å². The van der Waals surface area contributed by atoms with E-state index in [1.165, 1.54) is 6.07 Å². The van der Waals surface area contributed by atoms with E-state index in [9.17, 15) is 9.18 Å². The van der Waals surface area contributed by atoms with Gasteiger partial charge in [0.15, 0.2) is 0 Å². The fraction of sp³-hybridized carbons (Fsp3) is 0.333. The van der Waals surface area contributed by atoms with Gasteiger partial charge in [-0.15, -0.1) is 0 Å². The first-order chi connectivity index (χ1) is 18.0. The molecule has 3 heterocycles. The molecule has 2 aromatic carbocycles. The lowest BCUT2D eigenvalue weighted by Gasteiger charge is -2.32. The number of nitrogens with zero attached hydrogens (tertiary/aromatic N) is 4. The van der Waals surface area contributed by atoms with Gasteiger partial charge in [-0.3, -0.25) is 19.7 Å². The molecule has 0 saturated carbocycles. The molecule has 0 unspecified atom stereocenters. The van der Waals surface area contributed by atoms with Crippen molar-refractivity contribution >= 4 is 11.5 Å². The molecule has 0 aliphatic carbocycles. The van der Waals surface area contributed by atoms with Gasteiger partial charge in [0.1, 0.15) is 17.3 Å². The second-order valence-electron chi connectivity index (χ2n) is 9.77. The number of likely N-dealkylation sites (tertiary alicyclic amines) is 1. The normalized spacial score (nSPS) is 17.1. The van der Waals surface area contributed by atoms with Crippen LogP contribution in [0.5, 0.6) is 5.75 Å². The number of rotatable bonds is 8. The van der Waals surface area contributed by atoms with Crippen LogP contribution in [0.2, 0.25) is 0 Å². The van der Waals surface area contributed by atoms with Gasteiger partial charge < -0.3 is 4.74 Å². The van der Waals surface area contributed by atoms with Crippen LogP contribution in [0.4, 0.5) is 4.39 Å². The lowest BCUT2D eigenvalue weighted by atomic mass is 9.91.